The van der Waals surface area contributed by atoms with E-state index in [4.69, 9.17) is 16.3 Å². The minimum atomic E-state index is -0.676. The molecule has 3 heteroatoms. The predicted octanol–water partition coefficient (Wildman–Crippen LogP) is 3.72. The van der Waals surface area contributed by atoms with E-state index in [-0.39, 0.29) is 6.10 Å². The number of unbranched alkanes of at least 4 members (excludes halogenated alkanes) is 1. The molecule has 2 nitrogen and oxygen atoms in total. The van der Waals surface area contributed by atoms with E-state index < -0.39 is 5.43 Å². The summed E-state index contributed by atoms with van der Waals surface area (Å²) in [5.74, 6) is 0. The molecule has 12 heavy (non-hydrogen) atoms. The van der Waals surface area contributed by atoms with Gasteiger partial charge in [-0.2, -0.15) is 0 Å². The minimum absolute atomic E-state index is 0.0277. The van der Waals surface area contributed by atoms with Gasteiger partial charge in [-0.15, -0.1) is 0 Å². The quantitative estimate of drug-likeness (QED) is 0.600. The molecule has 0 N–H and O–H groups in total. The fourth-order valence-electron chi connectivity index (χ4n) is 1.15. The summed E-state index contributed by atoms with van der Waals surface area (Å²) in [5.41, 5.74) is -0.676. The summed E-state index contributed by atoms with van der Waals surface area (Å²) in [4.78, 5) is 10.4. The Labute approximate surface area is 79.2 Å². The first kappa shape index (κ1) is 11.8. The van der Waals surface area contributed by atoms with Gasteiger partial charge in [-0.3, -0.25) is 0 Å². The highest BCUT2D eigenvalue weighted by molar-refractivity contribution is 6.61. The molecule has 0 saturated heterocycles. The minimum Gasteiger partial charge on any atom is -0.450 e. The van der Waals surface area contributed by atoms with Crippen LogP contribution in [0.5, 0.6) is 0 Å². The highest BCUT2D eigenvalue weighted by Crippen LogP contribution is 2.12. The molecule has 0 aliphatic carbocycles. The van der Waals surface area contributed by atoms with Gasteiger partial charge in [-0.25, -0.2) is 4.79 Å². The number of hydrogen-bond acceptors (Lipinski definition) is 2. The fraction of sp³-hybridized carbons (Fsp3) is 0.889. The Bertz CT molecular complexity index is 126. The van der Waals surface area contributed by atoms with Crippen molar-refractivity contribution in [3.63, 3.8) is 0 Å². The molecular formula is C9H17ClO2. The van der Waals surface area contributed by atoms with Gasteiger partial charge in [0.25, 0.3) is 0 Å². The maximum Gasteiger partial charge on any atom is 0.404 e. The Kier molecular flexibility index (Phi) is 7.26. The summed E-state index contributed by atoms with van der Waals surface area (Å²) < 4.78 is 4.92. The van der Waals surface area contributed by atoms with Gasteiger partial charge in [0.2, 0.25) is 0 Å². The number of carbonyl (C=O) groups is 1. The first-order valence-corrected chi connectivity index (χ1v) is 4.94. The monoisotopic (exact) mass is 192 g/mol. The van der Waals surface area contributed by atoms with Crippen LogP contribution < -0.4 is 0 Å². The van der Waals surface area contributed by atoms with Crippen molar-refractivity contribution < 1.29 is 9.53 Å². The molecule has 0 fully saturated rings. The molecule has 72 valence electrons. The second kappa shape index (κ2) is 7.41. The molecule has 0 spiro atoms. The molecule has 0 saturated carbocycles. The summed E-state index contributed by atoms with van der Waals surface area (Å²) in [6, 6.07) is 0. The van der Waals surface area contributed by atoms with E-state index in [1.54, 1.807) is 0 Å². The van der Waals surface area contributed by atoms with E-state index in [0.29, 0.717) is 0 Å². The van der Waals surface area contributed by atoms with E-state index in [2.05, 4.69) is 13.8 Å². The van der Waals surface area contributed by atoms with Gasteiger partial charge < -0.3 is 4.74 Å². The normalized spacial score (nSPS) is 12.6. The maximum atomic E-state index is 10.4. The summed E-state index contributed by atoms with van der Waals surface area (Å²) in [7, 11) is 0. The lowest BCUT2D eigenvalue weighted by atomic mass is 10.1. The Morgan fingerprint density at radius 2 is 2.00 bits per heavy atom. The highest BCUT2D eigenvalue weighted by Gasteiger charge is 2.10. The van der Waals surface area contributed by atoms with Crippen molar-refractivity contribution >= 4 is 17.0 Å². The van der Waals surface area contributed by atoms with Crippen LogP contribution in [0.1, 0.15) is 46.0 Å². The lowest BCUT2D eigenvalue weighted by Gasteiger charge is -2.14. The molecule has 0 radical (unpaired) electrons. The molecule has 0 aromatic carbocycles. The molecule has 0 aromatic heterocycles. The number of halogens is 1. The molecule has 0 aromatic rings. The van der Waals surface area contributed by atoms with Crippen LogP contribution in [0.2, 0.25) is 0 Å². The number of carbonyl (C=O) groups excluding carboxylic acids is 1. The van der Waals surface area contributed by atoms with Crippen LogP contribution in [0.15, 0.2) is 0 Å². The predicted molar refractivity (Wildman–Crippen MR) is 50.6 cm³/mol. The summed E-state index contributed by atoms with van der Waals surface area (Å²) in [6.07, 6.45) is 5.12. The lowest BCUT2D eigenvalue weighted by molar-refractivity contribution is 0.107. The van der Waals surface area contributed by atoms with Gasteiger partial charge in [0, 0.05) is 11.6 Å². The molecule has 1 unspecified atom stereocenters. The van der Waals surface area contributed by atoms with Crippen molar-refractivity contribution in [2.75, 3.05) is 0 Å². The average Bonchev–Trinajstić information content (AvgIpc) is 2.00. The number of hydrogen-bond donors (Lipinski definition) is 0. The van der Waals surface area contributed by atoms with Crippen molar-refractivity contribution in [3.05, 3.63) is 0 Å². The Balaban J connectivity index is 3.61. The van der Waals surface area contributed by atoms with Crippen molar-refractivity contribution in [3.8, 4) is 0 Å². The Hall–Kier alpha value is -0.240. The SMILES string of the molecule is CCCCC(CCC)OC(=O)Cl. The number of ether oxygens (including phenoxy) is 1. The first-order valence-electron chi connectivity index (χ1n) is 4.56. The Morgan fingerprint density at radius 1 is 1.33 bits per heavy atom. The zero-order chi connectivity index (χ0) is 9.40. The average molecular weight is 193 g/mol. The molecule has 0 heterocycles. The third-order valence-electron chi connectivity index (χ3n) is 1.75. The van der Waals surface area contributed by atoms with Crippen LogP contribution in [0.3, 0.4) is 0 Å². The fourth-order valence-corrected chi connectivity index (χ4v) is 1.27. The third-order valence-corrected chi connectivity index (χ3v) is 1.84. The topological polar surface area (TPSA) is 26.3 Å². The van der Waals surface area contributed by atoms with E-state index in [0.717, 1.165) is 32.1 Å². The van der Waals surface area contributed by atoms with E-state index in [1.165, 1.54) is 0 Å². The van der Waals surface area contributed by atoms with Crippen molar-refractivity contribution in [1.82, 2.24) is 0 Å². The smallest absolute Gasteiger partial charge is 0.404 e. The Morgan fingerprint density at radius 3 is 2.42 bits per heavy atom. The van der Waals surface area contributed by atoms with Crippen LogP contribution in [-0.4, -0.2) is 11.5 Å². The third kappa shape index (κ3) is 6.47. The first-order chi connectivity index (χ1) is 5.70. The summed E-state index contributed by atoms with van der Waals surface area (Å²) in [5, 5.41) is 0. The largest absolute Gasteiger partial charge is 0.450 e. The van der Waals surface area contributed by atoms with Crippen molar-refractivity contribution in [2.24, 2.45) is 0 Å². The van der Waals surface area contributed by atoms with Gasteiger partial charge >= 0.3 is 5.43 Å². The lowest BCUT2D eigenvalue weighted by Crippen LogP contribution is -2.13. The van der Waals surface area contributed by atoms with Gasteiger partial charge in [0.15, 0.2) is 0 Å². The molecule has 0 amide bonds. The van der Waals surface area contributed by atoms with Crippen LogP contribution in [0.25, 0.3) is 0 Å². The van der Waals surface area contributed by atoms with Crippen LogP contribution >= 0.6 is 11.6 Å². The number of rotatable bonds is 6. The zero-order valence-electron chi connectivity index (χ0n) is 7.81. The summed E-state index contributed by atoms with van der Waals surface area (Å²) >= 11 is 5.13. The van der Waals surface area contributed by atoms with Crippen molar-refractivity contribution in [2.45, 2.75) is 52.1 Å². The molecule has 0 aliphatic heterocycles. The highest BCUT2D eigenvalue weighted by atomic mass is 35.5. The molecule has 0 rings (SSSR count). The van der Waals surface area contributed by atoms with Gasteiger partial charge in [0.05, 0.1) is 0 Å². The molecular weight excluding hydrogens is 176 g/mol. The second-order valence-corrected chi connectivity index (χ2v) is 3.22. The van der Waals surface area contributed by atoms with E-state index in [1.807, 2.05) is 0 Å². The maximum absolute atomic E-state index is 10.4. The standard InChI is InChI=1S/C9H17ClO2/c1-3-5-7-8(6-4-2)12-9(10)11/h8H,3-7H2,1-2H3. The van der Waals surface area contributed by atoms with Gasteiger partial charge in [0.1, 0.15) is 6.10 Å². The molecule has 0 bridgehead atoms. The van der Waals surface area contributed by atoms with Crippen molar-refractivity contribution in [1.29, 1.82) is 0 Å². The second-order valence-electron chi connectivity index (χ2n) is 2.91. The molecule has 1 atom stereocenters. The van der Waals surface area contributed by atoms with Gasteiger partial charge in [-0.05, 0) is 12.8 Å². The zero-order valence-corrected chi connectivity index (χ0v) is 8.56. The summed E-state index contributed by atoms with van der Waals surface area (Å²) in [6.45, 7) is 4.19. The van der Waals surface area contributed by atoms with E-state index in [9.17, 15) is 4.79 Å². The van der Waals surface area contributed by atoms with Crippen LogP contribution in [0, 0.1) is 0 Å². The van der Waals surface area contributed by atoms with E-state index >= 15 is 0 Å². The molecule has 0 aliphatic rings. The van der Waals surface area contributed by atoms with Gasteiger partial charge in [-0.1, -0.05) is 33.1 Å². The van der Waals surface area contributed by atoms with Crippen LogP contribution in [0.4, 0.5) is 4.79 Å². The van der Waals surface area contributed by atoms with Crippen LogP contribution in [-0.2, 0) is 4.74 Å².